The predicted molar refractivity (Wildman–Crippen MR) is 247 cm³/mol. The summed E-state index contributed by atoms with van der Waals surface area (Å²) in [5.74, 6) is -6.56. The van der Waals surface area contributed by atoms with Gasteiger partial charge in [0.1, 0.15) is 30.2 Å². The van der Waals surface area contributed by atoms with Crippen molar-refractivity contribution in [2.24, 2.45) is 11.5 Å². The number of carbonyl (C=O) groups is 8. The molecule has 0 radical (unpaired) electrons. The molecule has 7 amide bonds. The minimum absolute atomic E-state index is 0.0197. The fraction of sp³-hybridized carbons (Fsp3) is 0.319. The van der Waals surface area contributed by atoms with E-state index in [2.05, 4.69) is 41.5 Å². The van der Waals surface area contributed by atoms with Crippen molar-refractivity contribution < 1.29 is 43.5 Å². The predicted octanol–water partition coefficient (Wildman–Crippen LogP) is 0.512. The van der Waals surface area contributed by atoms with Gasteiger partial charge < -0.3 is 63.0 Å². The maximum atomic E-state index is 14.2. The number of hydrogen-bond acceptors (Lipinski definition) is 9. The summed E-state index contributed by atoms with van der Waals surface area (Å²) in [4.78, 5) is 117. The van der Waals surface area contributed by atoms with Crippen LogP contribution in [0.3, 0.4) is 0 Å². The smallest absolute Gasteiger partial charge is 0.326 e. The van der Waals surface area contributed by atoms with E-state index in [1.807, 2.05) is 72.8 Å². The highest BCUT2D eigenvalue weighted by Crippen LogP contribution is 2.24. The number of amides is 7. The third kappa shape index (κ3) is 11.3. The van der Waals surface area contributed by atoms with Crippen LogP contribution in [0.2, 0.25) is 0 Å². The summed E-state index contributed by atoms with van der Waals surface area (Å²) >= 11 is 0. The van der Waals surface area contributed by atoms with Crippen LogP contribution >= 0.6 is 0 Å². The summed E-state index contributed by atoms with van der Waals surface area (Å²) in [6, 6.07) is 14.7. The molecule has 3 aromatic carbocycles. The molecule has 0 spiro atoms. The van der Waals surface area contributed by atoms with Crippen molar-refractivity contribution in [2.45, 2.75) is 81.7 Å². The number of primary amides is 1. The number of nitrogens with two attached hydrogens (primary N) is 2. The zero-order valence-electron chi connectivity index (χ0n) is 36.6. The number of carboxylic acid groups (broad SMARTS) is 1. The molecular formula is C47H53N11O9. The number of carbonyl (C=O) groups excluding carboxylic acids is 7. The monoisotopic (exact) mass is 915 g/mol. The van der Waals surface area contributed by atoms with E-state index < -0.39 is 96.5 Å². The van der Waals surface area contributed by atoms with Crippen LogP contribution in [0.5, 0.6) is 0 Å². The number of aromatic nitrogens is 3. The second-order valence-electron chi connectivity index (χ2n) is 16.7. The first-order valence-corrected chi connectivity index (χ1v) is 21.9. The molecule has 1 fully saturated rings. The molecule has 13 N–H and O–H groups in total. The topological polar surface area (TPSA) is 320 Å². The number of likely N-dealkylation sites (tertiary alicyclic amines) is 1. The molecule has 6 atom stereocenters. The zero-order chi connectivity index (χ0) is 47.8. The van der Waals surface area contributed by atoms with E-state index in [1.165, 1.54) is 11.8 Å². The molecule has 0 saturated carbocycles. The van der Waals surface area contributed by atoms with Crippen LogP contribution < -0.4 is 38.1 Å². The first-order chi connectivity index (χ1) is 32.2. The summed E-state index contributed by atoms with van der Waals surface area (Å²) in [7, 11) is 0. The Labute approximate surface area is 383 Å². The number of rotatable bonds is 20. The first-order valence-electron chi connectivity index (χ1n) is 21.9. The van der Waals surface area contributed by atoms with Gasteiger partial charge in [-0.3, -0.25) is 33.6 Å². The zero-order valence-corrected chi connectivity index (χ0v) is 36.6. The van der Waals surface area contributed by atoms with Crippen molar-refractivity contribution in [1.82, 2.24) is 46.4 Å². The Bertz CT molecular complexity index is 2830. The van der Waals surface area contributed by atoms with Gasteiger partial charge in [0.15, 0.2) is 0 Å². The molecule has 0 aliphatic carbocycles. The lowest BCUT2D eigenvalue weighted by atomic mass is 10.0. The average molecular weight is 916 g/mol. The number of hydrogen-bond donors (Lipinski definition) is 11. The Morgan fingerprint density at radius 1 is 0.672 bits per heavy atom. The largest absolute Gasteiger partial charge is 0.480 e. The standard InChI is InChI=1S/C47H53N11O9/c1-25(42(61)53-24-41(60)55-38(47(66)67)19-28-23-52-35-14-7-4-11-31(28)35)54-44(63)36(18-27-22-51-34-13-6-3-10-30(27)34)56-45(64)39-15-8-16-58(39)46(65)37(20-40(49)59)57-43(62)32(48)17-26-21-50-33-12-5-2-9-29(26)33/h2-7,9-14,21-23,25,32,36-39,50-52H,8,15-20,24,48H2,1H3,(H2,49,59)(H,53,61)(H,54,63)(H,55,60)(H,56,64)(H,57,62)(H,66,67)/t25-,32-,36-,37-,38-,39-/m0/s1. The van der Waals surface area contributed by atoms with Gasteiger partial charge in [-0.25, -0.2) is 4.79 Å². The normalized spacial score (nSPS) is 15.9. The molecule has 7 rings (SSSR count). The van der Waals surface area contributed by atoms with E-state index in [0.29, 0.717) is 17.5 Å². The fourth-order valence-corrected chi connectivity index (χ4v) is 8.48. The maximum Gasteiger partial charge on any atom is 0.326 e. The molecule has 3 aromatic heterocycles. The van der Waals surface area contributed by atoms with Gasteiger partial charge in [0.25, 0.3) is 0 Å². The van der Waals surface area contributed by atoms with Gasteiger partial charge in [0.05, 0.1) is 19.0 Å². The summed E-state index contributed by atoms with van der Waals surface area (Å²) in [6.07, 6.45) is 5.20. The molecule has 0 bridgehead atoms. The van der Waals surface area contributed by atoms with E-state index in [1.54, 1.807) is 18.6 Å². The molecule has 6 aromatic rings. The second-order valence-corrected chi connectivity index (χ2v) is 16.7. The van der Waals surface area contributed by atoms with Gasteiger partial charge in [-0.2, -0.15) is 0 Å². The summed E-state index contributed by atoms with van der Waals surface area (Å²) in [5, 5.41) is 25.1. The Hall–Kier alpha value is -8.00. The molecule has 67 heavy (non-hydrogen) atoms. The van der Waals surface area contributed by atoms with Crippen LogP contribution in [-0.4, -0.2) is 122 Å². The van der Waals surface area contributed by atoms with Crippen molar-refractivity contribution in [2.75, 3.05) is 13.1 Å². The third-order valence-electron chi connectivity index (χ3n) is 11.9. The van der Waals surface area contributed by atoms with Crippen LogP contribution in [0.25, 0.3) is 32.7 Å². The van der Waals surface area contributed by atoms with E-state index in [4.69, 9.17) is 11.5 Å². The third-order valence-corrected chi connectivity index (χ3v) is 11.9. The van der Waals surface area contributed by atoms with Crippen molar-refractivity contribution in [1.29, 1.82) is 0 Å². The van der Waals surface area contributed by atoms with Gasteiger partial charge in [-0.1, -0.05) is 54.6 Å². The van der Waals surface area contributed by atoms with E-state index in [-0.39, 0.29) is 32.2 Å². The number of aromatic amines is 3. The minimum atomic E-state index is -1.44. The summed E-state index contributed by atoms with van der Waals surface area (Å²) < 4.78 is 0. The average Bonchev–Trinajstić information content (AvgIpc) is 4.14. The highest BCUT2D eigenvalue weighted by molar-refractivity contribution is 5.98. The quantitative estimate of drug-likeness (QED) is 0.0504. The molecule has 20 nitrogen and oxygen atoms in total. The summed E-state index contributed by atoms with van der Waals surface area (Å²) in [5.41, 5.74) is 16.4. The second kappa shape index (κ2) is 20.9. The van der Waals surface area contributed by atoms with Gasteiger partial charge in [0.2, 0.25) is 41.4 Å². The van der Waals surface area contributed by atoms with Gasteiger partial charge in [-0.05, 0) is 61.1 Å². The number of benzene rings is 3. The SMILES string of the molecule is C[C@H](NC(=O)[C@H](Cc1c[nH]c2ccccc12)NC(=O)[C@@H]1CCCN1C(=O)[C@H](CC(N)=O)NC(=O)[C@@H](N)Cc1c[nH]c2ccccc12)C(=O)NCC(=O)N[C@@H](Cc1c[nH]c2ccccc12)C(=O)O. The lowest BCUT2D eigenvalue weighted by Gasteiger charge is -2.30. The van der Waals surface area contributed by atoms with Crippen LogP contribution in [0, 0.1) is 0 Å². The van der Waals surface area contributed by atoms with Gasteiger partial charge in [-0.15, -0.1) is 0 Å². The van der Waals surface area contributed by atoms with E-state index >= 15 is 0 Å². The number of H-pyrrole nitrogens is 3. The summed E-state index contributed by atoms with van der Waals surface area (Å²) in [6.45, 7) is 0.887. The fourth-order valence-electron chi connectivity index (χ4n) is 8.48. The van der Waals surface area contributed by atoms with Crippen molar-refractivity contribution in [3.8, 4) is 0 Å². The maximum absolute atomic E-state index is 14.2. The van der Waals surface area contributed by atoms with Gasteiger partial charge in [0, 0.05) is 70.7 Å². The highest BCUT2D eigenvalue weighted by atomic mass is 16.4. The lowest BCUT2D eigenvalue weighted by molar-refractivity contribution is -0.143. The Morgan fingerprint density at radius 2 is 1.19 bits per heavy atom. The number of para-hydroxylation sites is 3. The molecule has 20 heteroatoms. The number of aliphatic carboxylic acids is 1. The lowest BCUT2D eigenvalue weighted by Crippen LogP contribution is -2.59. The van der Waals surface area contributed by atoms with Crippen LogP contribution in [-0.2, 0) is 57.6 Å². The van der Waals surface area contributed by atoms with Crippen LogP contribution in [0.15, 0.2) is 91.4 Å². The molecule has 350 valence electrons. The molecule has 1 aliphatic heterocycles. The Kier molecular flexibility index (Phi) is 14.6. The Morgan fingerprint density at radius 3 is 1.73 bits per heavy atom. The van der Waals surface area contributed by atoms with Gasteiger partial charge >= 0.3 is 5.97 Å². The van der Waals surface area contributed by atoms with Crippen molar-refractivity contribution in [3.63, 3.8) is 0 Å². The molecule has 4 heterocycles. The van der Waals surface area contributed by atoms with Crippen LogP contribution in [0.4, 0.5) is 0 Å². The number of nitrogens with zero attached hydrogens (tertiary/aromatic N) is 1. The van der Waals surface area contributed by atoms with Crippen LogP contribution in [0.1, 0.15) is 42.9 Å². The number of nitrogens with one attached hydrogen (secondary N) is 8. The molecule has 1 aliphatic rings. The highest BCUT2D eigenvalue weighted by Gasteiger charge is 2.40. The number of fused-ring (bicyclic) bond motifs is 3. The van der Waals surface area contributed by atoms with E-state index in [0.717, 1.165) is 38.3 Å². The first kappa shape index (κ1) is 47.0. The van der Waals surface area contributed by atoms with Crippen molar-refractivity contribution >= 4 is 80.0 Å². The van der Waals surface area contributed by atoms with Crippen molar-refractivity contribution in [3.05, 3.63) is 108 Å². The Balaban J connectivity index is 0.991. The number of carboxylic acids is 1. The molecule has 0 unspecified atom stereocenters. The molecular weight excluding hydrogens is 863 g/mol. The molecule has 1 saturated heterocycles. The van der Waals surface area contributed by atoms with E-state index in [9.17, 15) is 43.5 Å². The minimum Gasteiger partial charge on any atom is -0.480 e.